The van der Waals surface area contributed by atoms with Crippen molar-refractivity contribution in [1.29, 1.82) is 0 Å². The van der Waals surface area contributed by atoms with Crippen LogP contribution in [0.1, 0.15) is 50.7 Å². The van der Waals surface area contributed by atoms with Gasteiger partial charge in [0, 0.05) is 28.6 Å². The van der Waals surface area contributed by atoms with Gasteiger partial charge in [-0.2, -0.15) is 5.10 Å². The highest BCUT2D eigenvalue weighted by molar-refractivity contribution is 6.30. The number of ether oxygens (including phenoxy) is 2. The van der Waals surface area contributed by atoms with Gasteiger partial charge in [0.1, 0.15) is 12.4 Å². The summed E-state index contributed by atoms with van der Waals surface area (Å²) in [7, 11) is 0. The number of benzene rings is 2. The van der Waals surface area contributed by atoms with Crippen LogP contribution in [-0.4, -0.2) is 46.4 Å². The lowest BCUT2D eigenvalue weighted by Gasteiger charge is -2.24. The first kappa shape index (κ1) is 25.6. The minimum Gasteiger partial charge on any atom is -0.454 e. The lowest BCUT2D eigenvalue weighted by Crippen LogP contribution is -2.40. The van der Waals surface area contributed by atoms with E-state index in [1.807, 2.05) is 32.0 Å². The van der Waals surface area contributed by atoms with Crippen molar-refractivity contribution in [2.45, 2.75) is 40.0 Å². The minimum absolute atomic E-state index is 0.109. The van der Waals surface area contributed by atoms with Crippen molar-refractivity contribution in [3.63, 3.8) is 0 Å². The molecule has 0 spiro atoms. The third kappa shape index (κ3) is 5.82. The molecule has 2 amide bonds. The fourth-order valence-corrected chi connectivity index (χ4v) is 3.97. The van der Waals surface area contributed by atoms with Crippen LogP contribution in [0.5, 0.6) is 11.5 Å². The summed E-state index contributed by atoms with van der Waals surface area (Å²) in [5, 5.41) is 8.30. The van der Waals surface area contributed by atoms with Gasteiger partial charge in [-0.15, -0.1) is 0 Å². The molecule has 9 heteroatoms. The predicted octanol–water partition coefficient (Wildman–Crippen LogP) is 5.29. The maximum absolute atomic E-state index is 13.3. The highest BCUT2D eigenvalue weighted by Crippen LogP contribution is 2.33. The van der Waals surface area contributed by atoms with Crippen LogP contribution in [0.25, 0.3) is 5.69 Å². The zero-order valence-electron chi connectivity index (χ0n) is 21.2. The molecule has 0 fully saturated rings. The van der Waals surface area contributed by atoms with E-state index in [0.29, 0.717) is 34.4 Å². The van der Waals surface area contributed by atoms with Gasteiger partial charge in [-0.3, -0.25) is 9.59 Å². The topological polar surface area (TPSA) is 85.7 Å². The van der Waals surface area contributed by atoms with Crippen LogP contribution in [0.2, 0.25) is 5.02 Å². The molecular weight excluding hydrogens is 480 g/mol. The van der Waals surface area contributed by atoms with E-state index in [4.69, 9.17) is 26.2 Å². The molecule has 1 aliphatic heterocycles. The van der Waals surface area contributed by atoms with E-state index in [1.54, 1.807) is 39.9 Å². The summed E-state index contributed by atoms with van der Waals surface area (Å²) in [5.41, 5.74) is 1.80. The molecule has 190 valence electrons. The number of aromatic nitrogens is 2. The molecule has 8 nitrogen and oxygen atoms in total. The molecule has 36 heavy (non-hydrogen) atoms. The SMILES string of the molecule is CC(C)CN(CC(=O)Nc1cc(C(C)(C)C)nn1-c1ccc(Cl)cc1)C(=O)c1ccc2c(c1)OCO2. The molecule has 0 saturated carbocycles. The van der Waals surface area contributed by atoms with Crippen LogP contribution in [-0.2, 0) is 10.2 Å². The van der Waals surface area contributed by atoms with E-state index >= 15 is 0 Å². The molecule has 0 aliphatic carbocycles. The molecule has 2 aromatic carbocycles. The molecule has 1 N–H and O–H groups in total. The number of carbonyl (C=O) groups excluding carboxylic acids is 2. The first-order valence-electron chi connectivity index (χ1n) is 11.9. The second-order valence-electron chi connectivity index (χ2n) is 10.2. The Labute approximate surface area is 216 Å². The number of halogens is 1. The summed E-state index contributed by atoms with van der Waals surface area (Å²) in [4.78, 5) is 28.1. The molecule has 0 bridgehead atoms. The van der Waals surface area contributed by atoms with Gasteiger partial charge in [-0.1, -0.05) is 46.2 Å². The van der Waals surface area contributed by atoms with Gasteiger partial charge < -0.3 is 19.7 Å². The largest absolute Gasteiger partial charge is 0.454 e. The standard InChI is InChI=1S/C27H31ClN4O4/c1-17(2)14-31(26(34)18-6-11-21-22(12-18)36-16-35-21)15-25(33)29-24-13-23(27(3,4)5)30-32(24)20-9-7-19(28)8-10-20/h6-13,17H,14-16H2,1-5H3,(H,29,33). The van der Waals surface area contributed by atoms with Crippen LogP contribution in [0, 0.1) is 5.92 Å². The summed E-state index contributed by atoms with van der Waals surface area (Å²) >= 11 is 6.06. The van der Waals surface area contributed by atoms with Gasteiger partial charge in [0.15, 0.2) is 11.5 Å². The third-order valence-corrected chi connectivity index (χ3v) is 5.90. The van der Waals surface area contributed by atoms with Crippen molar-refractivity contribution < 1.29 is 19.1 Å². The van der Waals surface area contributed by atoms with Crippen LogP contribution >= 0.6 is 11.6 Å². The van der Waals surface area contributed by atoms with Crippen LogP contribution in [0.4, 0.5) is 5.82 Å². The zero-order valence-corrected chi connectivity index (χ0v) is 21.9. The normalized spacial score (nSPS) is 12.6. The maximum atomic E-state index is 13.3. The van der Waals surface area contributed by atoms with E-state index < -0.39 is 0 Å². The Kier molecular flexibility index (Phi) is 7.26. The van der Waals surface area contributed by atoms with Crippen LogP contribution in [0.3, 0.4) is 0 Å². The van der Waals surface area contributed by atoms with Crippen molar-refractivity contribution in [3.8, 4) is 17.2 Å². The Morgan fingerprint density at radius 3 is 2.44 bits per heavy atom. The second-order valence-corrected chi connectivity index (χ2v) is 10.7. The molecule has 4 rings (SSSR count). The van der Waals surface area contributed by atoms with Gasteiger partial charge in [-0.05, 0) is 48.4 Å². The van der Waals surface area contributed by atoms with E-state index in [-0.39, 0.29) is 36.5 Å². The third-order valence-electron chi connectivity index (χ3n) is 5.64. The Morgan fingerprint density at radius 2 is 1.78 bits per heavy atom. The smallest absolute Gasteiger partial charge is 0.254 e. The molecule has 1 aliphatic rings. The Morgan fingerprint density at radius 1 is 1.08 bits per heavy atom. The number of carbonyl (C=O) groups is 2. The molecular formula is C27H31ClN4O4. The lowest BCUT2D eigenvalue weighted by atomic mass is 9.92. The number of hydrogen-bond donors (Lipinski definition) is 1. The Bertz CT molecular complexity index is 1260. The molecule has 0 saturated heterocycles. The van der Waals surface area contributed by atoms with Crippen molar-refractivity contribution in [3.05, 3.63) is 64.8 Å². The highest BCUT2D eigenvalue weighted by atomic mass is 35.5. The fourth-order valence-electron chi connectivity index (χ4n) is 3.84. The zero-order chi connectivity index (χ0) is 26.0. The van der Waals surface area contributed by atoms with Gasteiger partial charge in [0.2, 0.25) is 12.7 Å². The van der Waals surface area contributed by atoms with Crippen LogP contribution in [0.15, 0.2) is 48.5 Å². The molecule has 1 aromatic heterocycles. The number of nitrogens with one attached hydrogen (secondary N) is 1. The second kappa shape index (κ2) is 10.2. The van der Waals surface area contributed by atoms with Gasteiger partial charge in [0.05, 0.1) is 11.4 Å². The first-order chi connectivity index (χ1) is 17.0. The monoisotopic (exact) mass is 510 g/mol. The molecule has 0 unspecified atom stereocenters. The van der Waals surface area contributed by atoms with E-state index in [2.05, 4.69) is 26.1 Å². The van der Waals surface area contributed by atoms with Crippen molar-refractivity contribution in [2.24, 2.45) is 5.92 Å². The molecule has 3 aromatic rings. The number of fused-ring (bicyclic) bond motifs is 1. The molecule has 0 atom stereocenters. The molecule has 0 radical (unpaired) electrons. The average molecular weight is 511 g/mol. The van der Waals surface area contributed by atoms with Gasteiger partial charge in [-0.25, -0.2) is 4.68 Å². The van der Waals surface area contributed by atoms with E-state index in [1.165, 1.54) is 0 Å². The van der Waals surface area contributed by atoms with Crippen molar-refractivity contribution in [2.75, 3.05) is 25.2 Å². The van der Waals surface area contributed by atoms with Crippen molar-refractivity contribution >= 4 is 29.2 Å². The van der Waals surface area contributed by atoms with Crippen LogP contribution < -0.4 is 14.8 Å². The highest BCUT2D eigenvalue weighted by Gasteiger charge is 2.25. The number of hydrogen-bond acceptors (Lipinski definition) is 5. The summed E-state index contributed by atoms with van der Waals surface area (Å²) in [6.45, 7) is 10.6. The van der Waals surface area contributed by atoms with E-state index in [0.717, 1.165) is 11.4 Å². The van der Waals surface area contributed by atoms with Gasteiger partial charge in [0.25, 0.3) is 5.91 Å². The average Bonchev–Trinajstić information content (AvgIpc) is 3.45. The minimum atomic E-state index is -0.319. The number of anilines is 1. The Hall–Kier alpha value is -3.52. The summed E-state index contributed by atoms with van der Waals surface area (Å²) < 4.78 is 12.4. The first-order valence-corrected chi connectivity index (χ1v) is 12.2. The number of amides is 2. The summed E-state index contributed by atoms with van der Waals surface area (Å²) in [6.07, 6.45) is 0. The maximum Gasteiger partial charge on any atom is 0.254 e. The number of nitrogens with zero attached hydrogens (tertiary/aromatic N) is 3. The summed E-state index contributed by atoms with van der Waals surface area (Å²) in [5.74, 6) is 1.25. The quantitative estimate of drug-likeness (QED) is 0.467. The van der Waals surface area contributed by atoms with Crippen molar-refractivity contribution in [1.82, 2.24) is 14.7 Å². The lowest BCUT2D eigenvalue weighted by molar-refractivity contribution is -0.117. The Balaban J connectivity index is 1.57. The molecule has 2 heterocycles. The fraction of sp³-hybridized carbons (Fsp3) is 0.370. The predicted molar refractivity (Wildman–Crippen MR) is 139 cm³/mol. The van der Waals surface area contributed by atoms with E-state index in [9.17, 15) is 9.59 Å². The number of rotatable bonds is 7. The van der Waals surface area contributed by atoms with Gasteiger partial charge >= 0.3 is 0 Å². The summed E-state index contributed by atoms with van der Waals surface area (Å²) in [6, 6.07) is 14.1.